The molecule has 1 heterocycles. The van der Waals surface area contributed by atoms with Gasteiger partial charge in [-0.2, -0.15) is 0 Å². The highest BCUT2D eigenvalue weighted by atomic mass is 32.2. The van der Waals surface area contributed by atoms with Gasteiger partial charge < -0.3 is 14.8 Å². The zero-order valence-electron chi connectivity index (χ0n) is 19.3. The maximum Gasteiger partial charge on any atom is 0.223 e. The molecule has 0 amide bonds. The monoisotopic (exact) mass is 486 g/mol. The third kappa shape index (κ3) is 6.11. The van der Waals surface area contributed by atoms with Crippen molar-refractivity contribution in [3.05, 3.63) is 90.9 Å². The van der Waals surface area contributed by atoms with Crippen molar-refractivity contribution in [3.8, 4) is 22.8 Å². The first-order valence-electron chi connectivity index (χ1n) is 11.9. The third-order valence-corrected chi connectivity index (χ3v) is 6.78. The van der Waals surface area contributed by atoms with Gasteiger partial charge in [-0.25, -0.2) is 14.4 Å². The first-order chi connectivity index (χ1) is 17.2. The fourth-order valence-electron chi connectivity index (χ4n) is 4.15. The van der Waals surface area contributed by atoms with Crippen LogP contribution in [0.4, 0.5) is 16.0 Å². The second-order valence-electron chi connectivity index (χ2n) is 8.51. The average Bonchev–Trinajstić information content (AvgIpc) is 2.90. The lowest BCUT2D eigenvalue weighted by Gasteiger charge is -2.22. The van der Waals surface area contributed by atoms with E-state index in [2.05, 4.69) is 15.0 Å². The predicted molar refractivity (Wildman–Crippen MR) is 140 cm³/mol. The van der Waals surface area contributed by atoms with Gasteiger partial charge in [-0.05, 0) is 67.3 Å². The molecular formula is C28H27FN4OS. The Morgan fingerprint density at radius 3 is 2.49 bits per heavy atom. The van der Waals surface area contributed by atoms with E-state index in [1.54, 1.807) is 18.3 Å². The van der Waals surface area contributed by atoms with Crippen LogP contribution < -0.4 is 14.8 Å². The van der Waals surface area contributed by atoms with Gasteiger partial charge in [0.25, 0.3) is 0 Å². The van der Waals surface area contributed by atoms with Crippen molar-refractivity contribution >= 4 is 23.6 Å². The molecule has 0 radical (unpaired) electrons. The lowest BCUT2D eigenvalue weighted by atomic mass is 9.96. The van der Waals surface area contributed by atoms with Crippen molar-refractivity contribution in [1.82, 2.24) is 9.97 Å². The molecule has 0 saturated heterocycles. The standard InChI is InChI=1S/C28H27FN4OS/c29-24-19-21(33-35-22-11-5-2-6-12-22)15-16-27(24)34-26-14-8-7-13-23(26)25-17-18-30-28(32-25)31-20-9-3-1-4-10-20/h2,5-8,11-20,33H,1,3-4,9-10H2,(H,30,31,32). The van der Waals surface area contributed by atoms with E-state index in [-0.39, 0.29) is 5.75 Å². The fraction of sp³-hybridized carbons (Fsp3) is 0.214. The molecule has 1 aliphatic rings. The van der Waals surface area contributed by atoms with Gasteiger partial charge in [-0.1, -0.05) is 49.6 Å². The minimum absolute atomic E-state index is 0.155. The van der Waals surface area contributed by atoms with Gasteiger partial charge in [0, 0.05) is 34.5 Å². The van der Waals surface area contributed by atoms with Crippen LogP contribution in [0.5, 0.6) is 11.5 Å². The lowest BCUT2D eigenvalue weighted by molar-refractivity contribution is 0.444. The largest absolute Gasteiger partial charge is 0.454 e. The van der Waals surface area contributed by atoms with Crippen molar-refractivity contribution < 1.29 is 9.13 Å². The summed E-state index contributed by atoms with van der Waals surface area (Å²) in [7, 11) is 0. The molecule has 0 bridgehead atoms. The van der Waals surface area contributed by atoms with Crippen LogP contribution in [-0.4, -0.2) is 16.0 Å². The normalized spacial score (nSPS) is 13.9. The van der Waals surface area contributed by atoms with Gasteiger partial charge >= 0.3 is 0 Å². The molecule has 35 heavy (non-hydrogen) atoms. The molecule has 0 spiro atoms. The first-order valence-corrected chi connectivity index (χ1v) is 12.7. The summed E-state index contributed by atoms with van der Waals surface area (Å²) in [6.07, 6.45) is 7.79. The second-order valence-corrected chi connectivity index (χ2v) is 9.39. The number of rotatable bonds is 8. The molecule has 2 N–H and O–H groups in total. The number of anilines is 2. The Labute approximate surface area is 209 Å². The fourth-order valence-corrected chi connectivity index (χ4v) is 4.80. The highest BCUT2D eigenvalue weighted by molar-refractivity contribution is 8.00. The van der Waals surface area contributed by atoms with Gasteiger partial charge in [0.2, 0.25) is 5.95 Å². The van der Waals surface area contributed by atoms with E-state index in [1.165, 1.54) is 37.3 Å². The molecule has 0 unspecified atom stereocenters. The maximum atomic E-state index is 14.9. The molecule has 1 aliphatic carbocycles. The smallest absolute Gasteiger partial charge is 0.223 e. The van der Waals surface area contributed by atoms with Crippen LogP contribution in [0.3, 0.4) is 0 Å². The number of nitrogens with one attached hydrogen (secondary N) is 2. The van der Waals surface area contributed by atoms with E-state index in [9.17, 15) is 4.39 Å². The molecule has 5 rings (SSSR count). The van der Waals surface area contributed by atoms with Crippen LogP contribution in [-0.2, 0) is 0 Å². The first kappa shape index (κ1) is 23.2. The summed E-state index contributed by atoms with van der Waals surface area (Å²) in [5.74, 6) is 0.859. The Balaban J connectivity index is 1.31. The van der Waals surface area contributed by atoms with Gasteiger partial charge in [-0.15, -0.1) is 0 Å². The average molecular weight is 487 g/mol. The van der Waals surface area contributed by atoms with E-state index < -0.39 is 5.82 Å². The zero-order valence-corrected chi connectivity index (χ0v) is 20.1. The quantitative estimate of drug-likeness (QED) is 0.247. The molecule has 4 aromatic rings. The summed E-state index contributed by atoms with van der Waals surface area (Å²) >= 11 is 1.43. The summed E-state index contributed by atoms with van der Waals surface area (Å²) in [5, 5.41) is 3.47. The zero-order chi connectivity index (χ0) is 23.9. The van der Waals surface area contributed by atoms with Crippen molar-refractivity contribution in [2.24, 2.45) is 0 Å². The number of benzene rings is 3. The van der Waals surface area contributed by atoms with Gasteiger partial charge in [-0.3, -0.25) is 0 Å². The van der Waals surface area contributed by atoms with E-state index in [1.807, 2.05) is 60.7 Å². The number of nitrogens with zero attached hydrogens (tertiary/aromatic N) is 2. The van der Waals surface area contributed by atoms with E-state index >= 15 is 0 Å². The number of halogens is 1. The summed E-state index contributed by atoms with van der Waals surface area (Å²) < 4.78 is 24.1. The summed E-state index contributed by atoms with van der Waals surface area (Å²) in [6.45, 7) is 0. The molecule has 1 aromatic heterocycles. The summed E-state index contributed by atoms with van der Waals surface area (Å²) in [5.41, 5.74) is 2.17. The van der Waals surface area contributed by atoms with Crippen LogP contribution in [0.2, 0.25) is 0 Å². The molecule has 1 fully saturated rings. The molecule has 178 valence electrons. The maximum absolute atomic E-state index is 14.9. The lowest BCUT2D eigenvalue weighted by Crippen LogP contribution is -2.23. The third-order valence-electron chi connectivity index (χ3n) is 5.94. The van der Waals surface area contributed by atoms with Crippen molar-refractivity contribution in [3.63, 3.8) is 0 Å². The molecule has 1 saturated carbocycles. The van der Waals surface area contributed by atoms with Gasteiger partial charge in [0.1, 0.15) is 5.75 Å². The number of hydrogen-bond donors (Lipinski definition) is 2. The van der Waals surface area contributed by atoms with Crippen molar-refractivity contribution in [1.29, 1.82) is 0 Å². The number of ether oxygens (including phenoxy) is 1. The molecule has 0 atom stereocenters. The van der Waals surface area contributed by atoms with Crippen LogP contribution in [0.15, 0.2) is 90.0 Å². The van der Waals surface area contributed by atoms with Crippen molar-refractivity contribution in [2.45, 2.75) is 43.0 Å². The number of para-hydroxylation sites is 1. The van der Waals surface area contributed by atoms with Gasteiger partial charge in [0.05, 0.1) is 5.69 Å². The van der Waals surface area contributed by atoms with Crippen LogP contribution in [0, 0.1) is 5.82 Å². The van der Waals surface area contributed by atoms with Crippen LogP contribution in [0.25, 0.3) is 11.3 Å². The van der Waals surface area contributed by atoms with E-state index in [4.69, 9.17) is 9.72 Å². The van der Waals surface area contributed by atoms with Crippen LogP contribution >= 0.6 is 11.9 Å². The van der Waals surface area contributed by atoms with Crippen LogP contribution in [0.1, 0.15) is 32.1 Å². The summed E-state index contributed by atoms with van der Waals surface area (Å²) in [6, 6.07) is 24.5. The molecule has 3 aromatic carbocycles. The molecule has 5 nitrogen and oxygen atoms in total. The highest BCUT2D eigenvalue weighted by Gasteiger charge is 2.16. The Morgan fingerprint density at radius 1 is 0.857 bits per heavy atom. The van der Waals surface area contributed by atoms with E-state index in [0.717, 1.165) is 29.0 Å². The topological polar surface area (TPSA) is 59.1 Å². The molecule has 0 aliphatic heterocycles. The Kier molecular flexibility index (Phi) is 7.44. The van der Waals surface area contributed by atoms with E-state index in [0.29, 0.717) is 23.4 Å². The SMILES string of the molecule is Fc1cc(NSc2ccccc2)ccc1Oc1ccccc1-c1ccnc(NC2CCCCC2)n1. The minimum atomic E-state index is -0.444. The number of hydrogen-bond acceptors (Lipinski definition) is 6. The number of aromatic nitrogens is 2. The van der Waals surface area contributed by atoms with Crippen molar-refractivity contribution in [2.75, 3.05) is 10.0 Å². The minimum Gasteiger partial charge on any atom is -0.454 e. The second kappa shape index (κ2) is 11.2. The molecule has 7 heteroatoms. The highest BCUT2D eigenvalue weighted by Crippen LogP contribution is 2.35. The Hall–Kier alpha value is -3.58. The predicted octanol–water partition coefficient (Wildman–Crippen LogP) is 7.94. The Bertz CT molecular complexity index is 1260. The van der Waals surface area contributed by atoms with Gasteiger partial charge in [0.15, 0.2) is 11.6 Å². The molecular weight excluding hydrogens is 459 g/mol. The Morgan fingerprint density at radius 2 is 1.66 bits per heavy atom. The summed E-state index contributed by atoms with van der Waals surface area (Å²) in [4.78, 5) is 10.2.